The lowest BCUT2D eigenvalue weighted by molar-refractivity contribution is 0.191. The van der Waals surface area contributed by atoms with Gasteiger partial charge in [-0.05, 0) is 38.6 Å². The molecule has 0 saturated carbocycles. The summed E-state index contributed by atoms with van der Waals surface area (Å²) >= 11 is 0. The van der Waals surface area contributed by atoms with E-state index in [1.54, 1.807) is 0 Å². The van der Waals surface area contributed by atoms with Gasteiger partial charge in [0, 0.05) is 30.9 Å². The lowest BCUT2D eigenvalue weighted by Crippen LogP contribution is -2.38. The lowest BCUT2D eigenvalue weighted by Gasteiger charge is -2.31. The predicted octanol–water partition coefficient (Wildman–Crippen LogP) is 1.60. The third-order valence-electron chi connectivity index (χ3n) is 4.05. The van der Waals surface area contributed by atoms with Crippen LogP contribution in [0.2, 0.25) is 0 Å². The summed E-state index contributed by atoms with van der Waals surface area (Å²) in [6, 6.07) is 8.75. The molecule has 20 heavy (non-hydrogen) atoms. The van der Waals surface area contributed by atoms with E-state index in [0.29, 0.717) is 12.6 Å². The van der Waals surface area contributed by atoms with Crippen LogP contribution in [0.25, 0.3) is 0 Å². The molecule has 4 heteroatoms. The summed E-state index contributed by atoms with van der Waals surface area (Å²) in [6.45, 7) is 3.76. The number of nitrogens with zero attached hydrogens (tertiary/aromatic N) is 2. The van der Waals surface area contributed by atoms with Crippen LogP contribution < -0.4 is 10.6 Å². The van der Waals surface area contributed by atoms with Crippen molar-refractivity contribution in [2.45, 2.75) is 38.0 Å². The molecule has 1 aromatic carbocycles. The summed E-state index contributed by atoms with van der Waals surface area (Å²) in [4.78, 5) is 4.51. The van der Waals surface area contributed by atoms with Crippen LogP contribution >= 0.6 is 0 Å². The molecule has 2 unspecified atom stereocenters. The molecule has 3 atom stereocenters. The molecule has 1 aliphatic heterocycles. The SMILES string of the molecule is CC[C@H](N)c1ccccc1N1CC(O)CC1CN(C)C. The average molecular weight is 277 g/mol. The average Bonchev–Trinajstić information content (AvgIpc) is 2.77. The van der Waals surface area contributed by atoms with Crippen LogP contribution in [0.5, 0.6) is 0 Å². The normalized spacial score (nSPS) is 24.4. The fraction of sp³-hybridized carbons (Fsp3) is 0.625. The molecule has 0 aromatic heterocycles. The molecule has 1 aromatic rings. The van der Waals surface area contributed by atoms with Gasteiger partial charge in [0.1, 0.15) is 0 Å². The fourth-order valence-electron chi connectivity index (χ4n) is 3.06. The highest BCUT2D eigenvalue weighted by Gasteiger charge is 2.32. The van der Waals surface area contributed by atoms with Gasteiger partial charge < -0.3 is 20.6 Å². The maximum atomic E-state index is 10.0. The van der Waals surface area contributed by atoms with Crippen molar-refractivity contribution in [3.05, 3.63) is 29.8 Å². The molecule has 0 spiro atoms. The Balaban J connectivity index is 2.29. The Morgan fingerprint density at radius 1 is 1.40 bits per heavy atom. The standard InChI is InChI=1S/C16H27N3O/c1-4-15(17)14-7-5-6-8-16(14)19-11-13(20)9-12(19)10-18(2)3/h5-8,12-13,15,20H,4,9-11,17H2,1-3H3/t12?,13?,15-/m0/s1. The minimum Gasteiger partial charge on any atom is -0.391 e. The Morgan fingerprint density at radius 3 is 2.75 bits per heavy atom. The van der Waals surface area contributed by atoms with Gasteiger partial charge in [0.05, 0.1) is 6.10 Å². The topological polar surface area (TPSA) is 52.7 Å². The largest absolute Gasteiger partial charge is 0.391 e. The number of β-amino-alcohol motifs (C(OH)–C–C–N with tert-alkyl or cyclic N) is 1. The molecule has 0 radical (unpaired) electrons. The van der Waals surface area contributed by atoms with Crippen LogP contribution in [-0.4, -0.2) is 49.3 Å². The Morgan fingerprint density at radius 2 is 2.10 bits per heavy atom. The summed E-state index contributed by atoms with van der Waals surface area (Å²) in [5.41, 5.74) is 8.62. The maximum Gasteiger partial charge on any atom is 0.0735 e. The smallest absolute Gasteiger partial charge is 0.0735 e. The number of rotatable bonds is 5. The lowest BCUT2D eigenvalue weighted by atomic mass is 10.0. The summed E-state index contributed by atoms with van der Waals surface area (Å²) < 4.78 is 0. The third-order valence-corrected chi connectivity index (χ3v) is 4.05. The molecular weight excluding hydrogens is 250 g/mol. The Hall–Kier alpha value is -1.10. The highest BCUT2D eigenvalue weighted by molar-refractivity contribution is 5.57. The van der Waals surface area contributed by atoms with E-state index >= 15 is 0 Å². The predicted molar refractivity (Wildman–Crippen MR) is 84.0 cm³/mol. The van der Waals surface area contributed by atoms with E-state index in [1.807, 2.05) is 6.07 Å². The maximum absolute atomic E-state index is 10.0. The van der Waals surface area contributed by atoms with Crippen molar-refractivity contribution in [1.82, 2.24) is 4.90 Å². The molecule has 4 nitrogen and oxygen atoms in total. The van der Waals surface area contributed by atoms with Crippen molar-refractivity contribution in [1.29, 1.82) is 0 Å². The van der Waals surface area contributed by atoms with E-state index in [-0.39, 0.29) is 12.1 Å². The van der Waals surface area contributed by atoms with E-state index in [0.717, 1.165) is 19.4 Å². The number of aliphatic hydroxyl groups is 1. The highest BCUT2D eigenvalue weighted by atomic mass is 16.3. The van der Waals surface area contributed by atoms with Gasteiger partial charge in [-0.15, -0.1) is 0 Å². The molecular formula is C16H27N3O. The number of para-hydroxylation sites is 1. The van der Waals surface area contributed by atoms with Gasteiger partial charge in [0.15, 0.2) is 0 Å². The quantitative estimate of drug-likeness (QED) is 0.858. The van der Waals surface area contributed by atoms with Gasteiger partial charge in [-0.2, -0.15) is 0 Å². The van der Waals surface area contributed by atoms with Crippen molar-refractivity contribution in [2.75, 3.05) is 32.1 Å². The highest BCUT2D eigenvalue weighted by Crippen LogP contribution is 2.32. The second kappa shape index (κ2) is 6.57. The Labute approximate surface area is 122 Å². The van der Waals surface area contributed by atoms with Crippen molar-refractivity contribution in [2.24, 2.45) is 5.73 Å². The monoisotopic (exact) mass is 277 g/mol. The van der Waals surface area contributed by atoms with Gasteiger partial charge in [-0.1, -0.05) is 25.1 Å². The number of benzene rings is 1. The first-order valence-corrected chi connectivity index (χ1v) is 7.46. The van der Waals surface area contributed by atoms with Crippen molar-refractivity contribution in [3.63, 3.8) is 0 Å². The van der Waals surface area contributed by atoms with Gasteiger partial charge in [0.2, 0.25) is 0 Å². The van der Waals surface area contributed by atoms with Crippen LogP contribution in [0.3, 0.4) is 0 Å². The molecule has 1 heterocycles. The van der Waals surface area contributed by atoms with Gasteiger partial charge in [-0.3, -0.25) is 0 Å². The van der Waals surface area contributed by atoms with Gasteiger partial charge in [0.25, 0.3) is 0 Å². The number of likely N-dealkylation sites (N-methyl/N-ethyl adjacent to an activating group) is 1. The molecule has 1 saturated heterocycles. The zero-order valence-corrected chi connectivity index (χ0v) is 12.8. The van der Waals surface area contributed by atoms with Gasteiger partial charge in [-0.25, -0.2) is 0 Å². The molecule has 1 aliphatic rings. The molecule has 3 N–H and O–H groups in total. The summed E-state index contributed by atoms with van der Waals surface area (Å²) in [6.07, 6.45) is 1.51. The Bertz CT molecular complexity index is 435. The van der Waals surface area contributed by atoms with E-state index in [2.05, 4.69) is 49.0 Å². The van der Waals surface area contributed by atoms with E-state index < -0.39 is 0 Å². The van der Waals surface area contributed by atoms with Crippen LogP contribution in [-0.2, 0) is 0 Å². The summed E-state index contributed by atoms with van der Waals surface area (Å²) in [5, 5.41) is 10.0. The minimum absolute atomic E-state index is 0.0592. The fourth-order valence-corrected chi connectivity index (χ4v) is 3.06. The zero-order valence-electron chi connectivity index (χ0n) is 12.8. The molecule has 112 valence electrons. The van der Waals surface area contributed by atoms with Crippen LogP contribution in [0.1, 0.15) is 31.4 Å². The van der Waals surface area contributed by atoms with Crippen LogP contribution in [0.15, 0.2) is 24.3 Å². The third kappa shape index (κ3) is 3.32. The molecule has 0 aliphatic carbocycles. The number of hydrogen-bond acceptors (Lipinski definition) is 4. The van der Waals surface area contributed by atoms with Gasteiger partial charge >= 0.3 is 0 Å². The number of aliphatic hydroxyl groups excluding tert-OH is 1. The zero-order chi connectivity index (χ0) is 14.7. The first-order chi connectivity index (χ1) is 9.52. The number of nitrogens with two attached hydrogens (primary N) is 1. The van der Waals surface area contributed by atoms with Crippen molar-refractivity contribution >= 4 is 5.69 Å². The molecule has 0 bridgehead atoms. The van der Waals surface area contributed by atoms with Crippen LogP contribution in [0, 0.1) is 0 Å². The van der Waals surface area contributed by atoms with Crippen LogP contribution in [0.4, 0.5) is 5.69 Å². The molecule has 1 fully saturated rings. The summed E-state index contributed by atoms with van der Waals surface area (Å²) in [5.74, 6) is 0. The van der Waals surface area contributed by atoms with E-state index in [4.69, 9.17) is 5.73 Å². The summed E-state index contributed by atoms with van der Waals surface area (Å²) in [7, 11) is 4.15. The second-order valence-corrected chi connectivity index (χ2v) is 6.03. The molecule has 2 rings (SSSR count). The van der Waals surface area contributed by atoms with Crippen molar-refractivity contribution < 1.29 is 5.11 Å². The number of hydrogen-bond donors (Lipinski definition) is 2. The second-order valence-electron chi connectivity index (χ2n) is 6.03. The minimum atomic E-state index is -0.245. The molecule has 0 amide bonds. The van der Waals surface area contributed by atoms with Crippen molar-refractivity contribution in [3.8, 4) is 0 Å². The van der Waals surface area contributed by atoms with E-state index in [9.17, 15) is 5.11 Å². The number of anilines is 1. The Kier molecular flexibility index (Phi) is 5.02. The van der Waals surface area contributed by atoms with E-state index in [1.165, 1.54) is 11.3 Å². The first-order valence-electron chi connectivity index (χ1n) is 7.46. The first kappa shape index (κ1) is 15.3.